The van der Waals surface area contributed by atoms with Gasteiger partial charge in [-0.25, -0.2) is 0 Å². The van der Waals surface area contributed by atoms with E-state index in [1.807, 2.05) is 0 Å². The molecule has 0 aromatic carbocycles. The molecule has 2 fully saturated rings. The Bertz CT molecular complexity index is 208. The van der Waals surface area contributed by atoms with Gasteiger partial charge in [-0.15, -0.1) is 0 Å². The molecule has 0 aromatic heterocycles. The molecule has 3 nitrogen and oxygen atoms in total. The molecule has 2 atom stereocenters. The minimum Gasteiger partial charge on any atom is -0.394 e. The molecule has 0 bridgehead atoms. The highest BCUT2D eigenvalue weighted by atomic mass is 16.3. The quantitative estimate of drug-likeness (QED) is 0.664. The lowest BCUT2D eigenvalue weighted by Crippen LogP contribution is -2.44. The highest BCUT2D eigenvalue weighted by Crippen LogP contribution is 2.35. The lowest BCUT2D eigenvalue weighted by Gasteiger charge is -2.25. The summed E-state index contributed by atoms with van der Waals surface area (Å²) in [5.74, 6) is 0. The Hall–Kier alpha value is -0.120. The van der Waals surface area contributed by atoms with E-state index in [1.165, 1.54) is 38.6 Å². The maximum atomic E-state index is 9.28. The van der Waals surface area contributed by atoms with Crippen LogP contribution in [0.2, 0.25) is 0 Å². The fourth-order valence-electron chi connectivity index (χ4n) is 2.81. The molecule has 1 saturated carbocycles. The Balaban J connectivity index is 1.71. The van der Waals surface area contributed by atoms with Crippen molar-refractivity contribution in [3.05, 3.63) is 0 Å². The van der Waals surface area contributed by atoms with Crippen LogP contribution in [-0.4, -0.2) is 35.9 Å². The molecule has 1 saturated heterocycles. The highest BCUT2D eigenvalue weighted by Gasteiger charge is 2.42. The number of hydrogen-bond acceptors (Lipinski definition) is 3. The van der Waals surface area contributed by atoms with Crippen molar-refractivity contribution in [3.63, 3.8) is 0 Å². The summed E-state index contributed by atoms with van der Waals surface area (Å²) >= 11 is 0. The number of hydrogen-bond donors (Lipinski definition) is 3. The molecule has 2 unspecified atom stereocenters. The largest absolute Gasteiger partial charge is 0.394 e. The van der Waals surface area contributed by atoms with Crippen molar-refractivity contribution in [2.24, 2.45) is 0 Å². The summed E-state index contributed by atoms with van der Waals surface area (Å²) in [5.41, 5.74) is 0.0874. The predicted octanol–water partition coefficient (Wildman–Crippen LogP) is 1.41. The smallest absolute Gasteiger partial charge is 0.0613 e. The van der Waals surface area contributed by atoms with Crippen LogP contribution in [0.5, 0.6) is 0 Å². The third-order valence-electron chi connectivity index (χ3n) is 4.01. The molecule has 16 heavy (non-hydrogen) atoms. The van der Waals surface area contributed by atoms with Crippen LogP contribution in [0.4, 0.5) is 0 Å². The minimum absolute atomic E-state index is 0.0874. The monoisotopic (exact) mass is 226 g/mol. The molecule has 2 rings (SSSR count). The van der Waals surface area contributed by atoms with Crippen LogP contribution in [0.3, 0.4) is 0 Å². The van der Waals surface area contributed by atoms with Gasteiger partial charge in [0.05, 0.1) is 6.61 Å². The normalized spacial score (nSPS) is 30.8. The molecule has 3 heteroatoms. The summed E-state index contributed by atoms with van der Waals surface area (Å²) in [6.07, 6.45) is 8.89. The molecule has 3 N–H and O–H groups in total. The molecule has 0 radical (unpaired) electrons. The van der Waals surface area contributed by atoms with Gasteiger partial charge in [0.25, 0.3) is 0 Å². The zero-order valence-electron chi connectivity index (χ0n) is 10.5. The van der Waals surface area contributed by atoms with Gasteiger partial charge in [-0.1, -0.05) is 12.8 Å². The molecule has 1 heterocycles. The summed E-state index contributed by atoms with van der Waals surface area (Å²) in [5, 5.41) is 16.5. The van der Waals surface area contributed by atoms with Crippen molar-refractivity contribution < 1.29 is 5.11 Å². The van der Waals surface area contributed by atoms with E-state index in [-0.39, 0.29) is 5.54 Å². The van der Waals surface area contributed by atoms with Crippen molar-refractivity contribution in [3.8, 4) is 0 Å². The van der Waals surface area contributed by atoms with Crippen LogP contribution in [0.15, 0.2) is 0 Å². The molecule has 0 aromatic rings. The highest BCUT2D eigenvalue weighted by molar-refractivity contribution is 5.02. The van der Waals surface area contributed by atoms with E-state index in [0.29, 0.717) is 18.7 Å². The number of nitrogens with one attached hydrogen (secondary N) is 2. The van der Waals surface area contributed by atoms with Gasteiger partial charge in [0.1, 0.15) is 0 Å². The van der Waals surface area contributed by atoms with E-state index in [9.17, 15) is 5.11 Å². The van der Waals surface area contributed by atoms with E-state index >= 15 is 0 Å². The van der Waals surface area contributed by atoms with Gasteiger partial charge in [0.2, 0.25) is 0 Å². The van der Waals surface area contributed by atoms with Crippen molar-refractivity contribution in [2.75, 3.05) is 13.2 Å². The van der Waals surface area contributed by atoms with Crippen molar-refractivity contribution >= 4 is 0 Å². The second-order valence-corrected chi connectivity index (χ2v) is 5.72. The molecule has 1 aliphatic carbocycles. The molecule has 1 aliphatic heterocycles. The lowest BCUT2D eigenvalue weighted by molar-refractivity contribution is 0.215. The maximum absolute atomic E-state index is 9.28. The van der Waals surface area contributed by atoms with Crippen molar-refractivity contribution in [1.29, 1.82) is 0 Å². The third-order valence-corrected chi connectivity index (χ3v) is 4.01. The van der Waals surface area contributed by atoms with Crippen LogP contribution in [0.25, 0.3) is 0 Å². The Morgan fingerprint density at radius 2 is 2.19 bits per heavy atom. The summed E-state index contributed by atoms with van der Waals surface area (Å²) in [6, 6.07) is 1.20. The second-order valence-electron chi connectivity index (χ2n) is 5.72. The van der Waals surface area contributed by atoms with E-state index < -0.39 is 0 Å². The van der Waals surface area contributed by atoms with Gasteiger partial charge < -0.3 is 15.7 Å². The zero-order chi connectivity index (χ0) is 11.4. The third kappa shape index (κ3) is 3.44. The number of aliphatic hydroxyl groups is 1. The summed E-state index contributed by atoms with van der Waals surface area (Å²) in [6.45, 7) is 3.74. The fourth-order valence-corrected chi connectivity index (χ4v) is 2.81. The Morgan fingerprint density at radius 3 is 2.88 bits per heavy atom. The summed E-state index contributed by atoms with van der Waals surface area (Å²) in [4.78, 5) is 0. The molecule has 0 spiro atoms. The van der Waals surface area contributed by atoms with Crippen LogP contribution < -0.4 is 10.6 Å². The maximum Gasteiger partial charge on any atom is 0.0613 e. The topological polar surface area (TPSA) is 44.3 Å². The Kier molecular flexibility index (Phi) is 4.22. The average Bonchev–Trinajstić information content (AvgIpc) is 3.04. The van der Waals surface area contributed by atoms with Crippen LogP contribution in [-0.2, 0) is 0 Å². The average molecular weight is 226 g/mol. The van der Waals surface area contributed by atoms with Gasteiger partial charge in [-0.2, -0.15) is 0 Å². The first-order chi connectivity index (χ1) is 7.74. The fraction of sp³-hybridized carbons (Fsp3) is 1.00. The molecule has 0 amide bonds. The Morgan fingerprint density at radius 1 is 1.38 bits per heavy atom. The minimum atomic E-state index is 0.0874. The first kappa shape index (κ1) is 12.3. The number of rotatable bonds is 5. The van der Waals surface area contributed by atoms with Crippen LogP contribution >= 0.6 is 0 Å². The molecule has 94 valence electrons. The number of aliphatic hydroxyl groups excluding tert-OH is 1. The first-order valence-electron chi connectivity index (χ1n) is 6.86. The SMILES string of the molecule is CC(CC1CCCCCN1)NC1(CO)CC1. The van der Waals surface area contributed by atoms with Gasteiger partial charge in [-0.3, -0.25) is 0 Å². The molecule has 2 aliphatic rings. The van der Waals surface area contributed by atoms with E-state index in [2.05, 4.69) is 17.6 Å². The van der Waals surface area contributed by atoms with Crippen molar-refractivity contribution in [1.82, 2.24) is 10.6 Å². The van der Waals surface area contributed by atoms with E-state index in [4.69, 9.17) is 0 Å². The van der Waals surface area contributed by atoms with Crippen LogP contribution in [0, 0.1) is 0 Å². The zero-order valence-corrected chi connectivity index (χ0v) is 10.5. The van der Waals surface area contributed by atoms with E-state index in [0.717, 1.165) is 12.8 Å². The summed E-state index contributed by atoms with van der Waals surface area (Å²) < 4.78 is 0. The Labute approximate surface area is 99.0 Å². The van der Waals surface area contributed by atoms with E-state index in [1.54, 1.807) is 0 Å². The summed E-state index contributed by atoms with van der Waals surface area (Å²) in [7, 11) is 0. The van der Waals surface area contributed by atoms with Gasteiger partial charge >= 0.3 is 0 Å². The van der Waals surface area contributed by atoms with Gasteiger partial charge in [-0.05, 0) is 45.6 Å². The standard InChI is InChI=1S/C13H26N2O/c1-11(15-13(10-16)6-7-13)9-12-5-3-2-4-8-14-12/h11-12,14-16H,2-10H2,1H3. The molecular formula is C13H26N2O. The van der Waals surface area contributed by atoms with Gasteiger partial charge in [0, 0.05) is 17.6 Å². The molecular weight excluding hydrogens is 200 g/mol. The first-order valence-corrected chi connectivity index (χ1v) is 6.86. The predicted molar refractivity (Wildman–Crippen MR) is 66.5 cm³/mol. The van der Waals surface area contributed by atoms with Crippen molar-refractivity contribution in [2.45, 2.75) is 69.5 Å². The second kappa shape index (κ2) is 5.48. The lowest BCUT2D eigenvalue weighted by atomic mass is 10.0. The van der Waals surface area contributed by atoms with Gasteiger partial charge in [0.15, 0.2) is 0 Å². The van der Waals surface area contributed by atoms with Crippen LogP contribution in [0.1, 0.15) is 51.9 Å².